The Labute approximate surface area is 96.2 Å². The van der Waals surface area contributed by atoms with E-state index in [0.717, 1.165) is 5.56 Å². The number of carbonyl (C=O) groups excluding carboxylic acids is 1. The van der Waals surface area contributed by atoms with Crippen molar-refractivity contribution < 1.29 is 9.18 Å². The number of hydrogen-bond donors (Lipinski definition) is 1. The fraction of sp³-hybridized carbons (Fsp3) is 0.182. The number of halogens is 1. The molecule has 0 radical (unpaired) electrons. The molecule has 5 nitrogen and oxygen atoms in total. The SMILES string of the molecule is O=C1NC(c2ccc(F)cc2)Cn2nncc21. The van der Waals surface area contributed by atoms with E-state index in [2.05, 4.69) is 15.6 Å². The molecule has 2 heterocycles. The average molecular weight is 232 g/mol. The molecule has 1 atom stereocenters. The zero-order valence-electron chi connectivity index (χ0n) is 8.80. The molecule has 0 saturated heterocycles. The molecule has 1 N–H and O–H groups in total. The second-order valence-corrected chi connectivity index (χ2v) is 3.88. The number of hydrogen-bond acceptors (Lipinski definition) is 3. The maximum absolute atomic E-state index is 12.8. The van der Waals surface area contributed by atoms with Crippen LogP contribution in [0.15, 0.2) is 30.5 Å². The topological polar surface area (TPSA) is 59.8 Å². The van der Waals surface area contributed by atoms with Crippen LogP contribution in [-0.4, -0.2) is 20.9 Å². The van der Waals surface area contributed by atoms with Crippen molar-refractivity contribution >= 4 is 5.91 Å². The predicted octanol–water partition coefficient (Wildman–Crippen LogP) is 0.902. The zero-order chi connectivity index (χ0) is 11.8. The Bertz CT molecular complexity index is 563. The van der Waals surface area contributed by atoms with Gasteiger partial charge >= 0.3 is 0 Å². The van der Waals surface area contributed by atoms with Gasteiger partial charge in [-0.15, -0.1) is 5.10 Å². The van der Waals surface area contributed by atoms with E-state index in [1.807, 2.05) is 0 Å². The third kappa shape index (κ3) is 1.67. The molecule has 0 spiro atoms. The minimum absolute atomic E-state index is 0.197. The first-order valence-electron chi connectivity index (χ1n) is 5.19. The summed E-state index contributed by atoms with van der Waals surface area (Å²) >= 11 is 0. The lowest BCUT2D eigenvalue weighted by Gasteiger charge is -2.24. The average Bonchev–Trinajstić information content (AvgIpc) is 2.78. The van der Waals surface area contributed by atoms with Crippen LogP contribution in [0.3, 0.4) is 0 Å². The van der Waals surface area contributed by atoms with Gasteiger partial charge < -0.3 is 5.32 Å². The van der Waals surface area contributed by atoms with E-state index in [-0.39, 0.29) is 17.8 Å². The first kappa shape index (κ1) is 9.95. The second-order valence-electron chi connectivity index (χ2n) is 3.88. The van der Waals surface area contributed by atoms with Crippen molar-refractivity contribution in [3.8, 4) is 0 Å². The van der Waals surface area contributed by atoms with E-state index < -0.39 is 0 Å². The molecule has 0 fully saturated rings. The first-order chi connectivity index (χ1) is 8.24. The minimum atomic E-state index is -0.294. The highest BCUT2D eigenvalue weighted by Crippen LogP contribution is 2.20. The molecule has 1 aromatic heterocycles. The highest BCUT2D eigenvalue weighted by molar-refractivity contribution is 5.93. The van der Waals surface area contributed by atoms with Gasteiger partial charge in [-0.2, -0.15) is 0 Å². The lowest BCUT2D eigenvalue weighted by molar-refractivity contribution is 0.0895. The number of nitrogens with one attached hydrogen (secondary N) is 1. The summed E-state index contributed by atoms with van der Waals surface area (Å²) in [6.45, 7) is 0.507. The standard InChI is InChI=1S/C11H9FN4O/c12-8-3-1-7(2-4-8)9-6-16-10(5-13-15-16)11(17)14-9/h1-5,9H,6H2,(H,14,17). The Balaban J connectivity index is 1.93. The summed E-state index contributed by atoms with van der Waals surface area (Å²) < 4.78 is 14.4. The van der Waals surface area contributed by atoms with E-state index in [1.165, 1.54) is 18.3 Å². The van der Waals surface area contributed by atoms with Gasteiger partial charge in [0, 0.05) is 0 Å². The summed E-state index contributed by atoms with van der Waals surface area (Å²) in [7, 11) is 0. The normalized spacial score (nSPS) is 18.6. The number of nitrogens with zero attached hydrogens (tertiary/aromatic N) is 3. The molecule has 0 aliphatic carbocycles. The van der Waals surface area contributed by atoms with Crippen molar-refractivity contribution in [1.29, 1.82) is 0 Å². The van der Waals surface area contributed by atoms with Crippen molar-refractivity contribution in [2.75, 3.05) is 0 Å². The summed E-state index contributed by atoms with van der Waals surface area (Å²) in [6.07, 6.45) is 1.43. The molecule has 1 amide bonds. The zero-order valence-corrected chi connectivity index (χ0v) is 8.80. The van der Waals surface area contributed by atoms with Crippen LogP contribution in [0.5, 0.6) is 0 Å². The van der Waals surface area contributed by atoms with Crippen LogP contribution in [0.2, 0.25) is 0 Å². The number of benzene rings is 1. The molecule has 1 aromatic carbocycles. The summed E-state index contributed by atoms with van der Waals surface area (Å²) in [4.78, 5) is 11.7. The molecule has 17 heavy (non-hydrogen) atoms. The summed E-state index contributed by atoms with van der Waals surface area (Å²) in [5.74, 6) is -0.507. The van der Waals surface area contributed by atoms with Crippen LogP contribution < -0.4 is 5.32 Å². The maximum atomic E-state index is 12.8. The number of amides is 1. The van der Waals surface area contributed by atoms with Crippen LogP contribution in [0, 0.1) is 5.82 Å². The van der Waals surface area contributed by atoms with Gasteiger partial charge in [-0.3, -0.25) is 4.79 Å². The highest BCUT2D eigenvalue weighted by Gasteiger charge is 2.26. The quantitative estimate of drug-likeness (QED) is 0.794. The van der Waals surface area contributed by atoms with Gasteiger partial charge in [-0.1, -0.05) is 17.3 Å². The van der Waals surface area contributed by atoms with E-state index >= 15 is 0 Å². The number of carbonyl (C=O) groups is 1. The van der Waals surface area contributed by atoms with Gasteiger partial charge in [-0.25, -0.2) is 9.07 Å². The fourth-order valence-electron chi connectivity index (χ4n) is 1.90. The van der Waals surface area contributed by atoms with Crippen LogP contribution >= 0.6 is 0 Å². The number of fused-ring (bicyclic) bond motifs is 1. The monoisotopic (exact) mass is 232 g/mol. The Morgan fingerprint density at radius 1 is 1.35 bits per heavy atom. The van der Waals surface area contributed by atoms with Gasteiger partial charge in [0.15, 0.2) is 0 Å². The smallest absolute Gasteiger partial charge is 0.271 e. The Morgan fingerprint density at radius 3 is 2.88 bits per heavy atom. The van der Waals surface area contributed by atoms with E-state index in [9.17, 15) is 9.18 Å². The Kier molecular flexibility index (Phi) is 2.14. The van der Waals surface area contributed by atoms with E-state index in [1.54, 1.807) is 16.8 Å². The molecule has 86 valence electrons. The Hall–Kier alpha value is -2.24. The molecule has 3 rings (SSSR count). The van der Waals surface area contributed by atoms with Gasteiger partial charge in [0.2, 0.25) is 0 Å². The van der Waals surface area contributed by atoms with Crippen molar-refractivity contribution in [2.45, 2.75) is 12.6 Å². The largest absolute Gasteiger partial charge is 0.342 e. The number of aromatic nitrogens is 3. The molecule has 2 aromatic rings. The van der Waals surface area contributed by atoms with Crippen molar-refractivity contribution in [1.82, 2.24) is 20.3 Å². The molecular formula is C11H9FN4O. The van der Waals surface area contributed by atoms with E-state index in [4.69, 9.17) is 0 Å². The third-order valence-electron chi connectivity index (χ3n) is 2.78. The third-order valence-corrected chi connectivity index (χ3v) is 2.78. The molecular weight excluding hydrogens is 223 g/mol. The van der Waals surface area contributed by atoms with Crippen molar-refractivity contribution in [3.63, 3.8) is 0 Å². The van der Waals surface area contributed by atoms with Crippen LogP contribution in [-0.2, 0) is 6.54 Å². The summed E-state index contributed by atoms with van der Waals surface area (Å²) in [6, 6.07) is 5.86. The minimum Gasteiger partial charge on any atom is -0.342 e. The van der Waals surface area contributed by atoms with Crippen LogP contribution in [0.25, 0.3) is 0 Å². The van der Waals surface area contributed by atoms with Gasteiger partial charge in [0.25, 0.3) is 5.91 Å². The molecule has 1 unspecified atom stereocenters. The lowest BCUT2D eigenvalue weighted by Crippen LogP contribution is -2.38. The predicted molar refractivity (Wildman–Crippen MR) is 56.6 cm³/mol. The van der Waals surface area contributed by atoms with Crippen molar-refractivity contribution in [2.24, 2.45) is 0 Å². The molecule has 6 heteroatoms. The van der Waals surface area contributed by atoms with Crippen LogP contribution in [0.4, 0.5) is 4.39 Å². The Morgan fingerprint density at radius 2 is 2.12 bits per heavy atom. The van der Waals surface area contributed by atoms with Crippen molar-refractivity contribution in [3.05, 3.63) is 47.5 Å². The van der Waals surface area contributed by atoms with Gasteiger partial charge in [0.1, 0.15) is 11.5 Å². The van der Waals surface area contributed by atoms with Crippen LogP contribution in [0.1, 0.15) is 22.1 Å². The van der Waals surface area contributed by atoms with E-state index in [0.29, 0.717) is 12.2 Å². The fourth-order valence-corrected chi connectivity index (χ4v) is 1.90. The summed E-state index contributed by atoms with van der Waals surface area (Å²) in [5.41, 5.74) is 1.30. The van der Waals surface area contributed by atoms with Gasteiger partial charge in [-0.05, 0) is 17.7 Å². The second kappa shape index (κ2) is 3.65. The lowest BCUT2D eigenvalue weighted by atomic mass is 10.1. The first-order valence-corrected chi connectivity index (χ1v) is 5.19. The maximum Gasteiger partial charge on any atom is 0.271 e. The molecule has 1 aliphatic heterocycles. The highest BCUT2D eigenvalue weighted by atomic mass is 19.1. The van der Waals surface area contributed by atoms with Gasteiger partial charge in [0.05, 0.1) is 18.8 Å². The number of rotatable bonds is 1. The molecule has 1 aliphatic rings. The summed E-state index contributed by atoms with van der Waals surface area (Å²) in [5, 5.41) is 10.4. The molecule has 0 bridgehead atoms. The molecule has 0 saturated carbocycles.